The number of rotatable bonds is 10. The number of amidine groups is 1. The number of halogens is 1. The van der Waals surface area contributed by atoms with Crippen molar-refractivity contribution in [3.8, 4) is 11.3 Å². The Kier molecular flexibility index (Phi) is 8.64. The van der Waals surface area contributed by atoms with Gasteiger partial charge in [-0.05, 0) is 42.5 Å². The molecule has 6 N–H and O–H groups in total. The van der Waals surface area contributed by atoms with Crippen molar-refractivity contribution in [3.63, 3.8) is 0 Å². The van der Waals surface area contributed by atoms with Gasteiger partial charge in [0.1, 0.15) is 12.4 Å². The van der Waals surface area contributed by atoms with Crippen LogP contribution in [0.3, 0.4) is 0 Å². The first kappa shape index (κ1) is 27.9. The van der Waals surface area contributed by atoms with E-state index < -0.39 is 5.56 Å². The van der Waals surface area contributed by atoms with E-state index in [2.05, 4.69) is 20.6 Å². The molecule has 0 radical (unpaired) electrons. The third-order valence-corrected chi connectivity index (χ3v) is 7.31. The van der Waals surface area contributed by atoms with E-state index in [1.807, 2.05) is 54.6 Å². The molecular weight excluding hydrogens is 538 g/mol. The smallest absolute Gasteiger partial charge is 0.294 e. The van der Waals surface area contributed by atoms with Crippen LogP contribution in [0.4, 0.5) is 11.5 Å². The summed E-state index contributed by atoms with van der Waals surface area (Å²) in [4.78, 5) is 35.4. The fraction of sp³-hybridized carbons (Fsp3) is 0.226. The molecule has 1 aromatic heterocycles. The van der Waals surface area contributed by atoms with Crippen molar-refractivity contribution < 1.29 is 4.79 Å². The van der Waals surface area contributed by atoms with Crippen molar-refractivity contribution in [2.75, 3.05) is 11.1 Å². The molecule has 0 aliphatic heterocycles. The first-order chi connectivity index (χ1) is 19.9. The number of nitrogen functional groups attached to an aromatic ring is 1. The number of carbonyl (C=O) groups is 1. The number of nitrogens with zero attached hydrogens (tertiary/aromatic N) is 3. The summed E-state index contributed by atoms with van der Waals surface area (Å²) in [6.45, 7) is 0.536. The number of hydrogen-bond donors (Lipinski definition) is 4. The van der Waals surface area contributed by atoms with Crippen molar-refractivity contribution in [2.24, 2.45) is 10.7 Å². The van der Waals surface area contributed by atoms with Gasteiger partial charge in [-0.25, -0.2) is 4.98 Å². The van der Waals surface area contributed by atoms with Crippen molar-refractivity contribution in [1.29, 1.82) is 0 Å². The molecule has 210 valence electrons. The second-order valence-corrected chi connectivity index (χ2v) is 10.4. The van der Waals surface area contributed by atoms with E-state index in [-0.39, 0.29) is 36.0 Å². The minimum atomic E-state index is -0.413. The van der Waals surface area contributed by atoms with E-state index in [9.17, 15) is 9.59 Å². The normalized spacial score (nSPS) is 13.4. The molecule has 1 heterocycles. The molecule has 1 aliphatic rings. The van der Waals surface area contributed by atoms with Gasteiger partial charge in [-0.3, -0.25) is 19.1 Å². The Bertz CT molecular complexity index is 1610. The number of benzene rings is 3. The molecular formula is C31H32ClN7O2. The summed E-state index contributed by atoms with van der Waals surface area (Å²) in [6, 6.07) is 24.6. The monoisotopic (exact) mass is 569 g/mol. The first-order valence-corrected chi connectivity index (χ1v) is 13.9. The van der Waals surface area contributed by atoms with Crippen LogP contribution in [0.15, 0.2) is 88.6 Å². The van der Waals surface area contributed by atoms with E-state index in [0.717, 1.165) is 36.0 Å². The second kappa shape index (κ2) is 12.7. The Balaban J connectivity index is 1.29. The van der Waals surface area contributed by atoms with Gasteiger partial charge in [0.25, 0.3) is 5.56 Å². The molecule has 1 fully saturated rings. The SMILES string of the molecule is NC(=NCc1ccccc1)c1ccc(CNC(=O)Cn2c(-c3cccc(N)c3)c(Cl)nc(NC3CCC3)c2=O)cc1. The number of nitrogens with two attached hydrogens (primary N) is 2. The molecule has 3 aromatic carbocycles. The number of carbonyl (C=O) groups excluding carboxylic acids is 1. The molecule has 1 saturated carbocycles. The van der Waals surface area contributed by atoms with Crippen molar-refractivity contribution in [3.05, 3.63) is 111 Å². The maximum absolute atomic E-state index is 13.5. The highest BCUT2D eigenvalue weighted by Crippen LogP contribution is 2.29. The summed E-state index contributed by atoms with van der Waals surface area (Å²) >= 11 is 6.59. The van der Waals surface area contributed by atoms with Crippen LogP contribution in [0, 0.1) is 0 Å². The van der Waals surface area contributed by atoms with Gasteiger partial charge < -0.3 is 22.1 Å². The fourth-order valence-corrected chi connectivity index (χ4v) is 4.83. The third kappa shape index (κ3) is 6.93. The Morgan fingerprint density at radius 2 is 1.78 bits per heavy atom. The fourth-order valence-electron chi connectivity index (χ4n) is 4.54. The number of amides is 1. The molecule has 0 saturated heterocycles. The number of aliphatic imine (C=N–C) groups is 1. The van der Waals surface area contributed by atoms with Crippen LogP contribution in [0.2, 0.25) is 5.15 Å². The standard InChI is InChI=1S/C31H32ClN7O2/c32-28-27(23-8-4-9-24(33)16-23)39(31(41)30(38-28)37-25-10-5-11-25)19-26(40)35-17-21-12-14-22(15-13-21)29(34)36-18-20-6-2-1-3-7-20/h1-4,6-9,12-16,25H,5,10-11,17-19,33H2,(H2,34,36)(H,35,40)(H,37,38). The van der Waals surface area contributed by atoms with Gasteiger partial charge in [0.15, 0.2) is 11.0 Å². The van der Waals surface area contributed by atoms with Crippen molar-refractivity contribution >= 4 is 34.8 Å². The lowest BCUT2D eigenvalue weighted by atomic mass is 9.93. The van der Waals surface area contributed by atoms with Crippen molar-refractivity contribution in [1.82, 2.24) is 14.9 Å². The highest BCUT2D eigenvalue weighted by Gasteiger charge is 2.23. The first-order valence-electron chi connectivity index (χ1n) is 13.5. The summed E-state index contributed by atoms with van der Waals surface area (Å²) in [5.74, 6) is 0.239. The number of hydrogen-bond acceptors (Lipinski definition) is 6. The summed E-state index contributed by atoms with van der Waals surface area (Å²) in [5.41, 5.74) is 15.9. The lowest BCUT2D eigenvalue weighted by Crippen LogP contribution is -2.37. The van der Waals surface area contributed by atoms with Gasteiger partial charge in [-0.15, -0.1) is 0 Å². The number of aromatic nitrogens is 2. The molecule has 4 aromatic rings. The molecule has 0 atom stereocenters. The van der Waals surface area contributed by atoms with Crippen LogP contribution in [0.25, 0.3) is 11.3 Å². The van der Waals surface area contributed by atoms with Crippen LogP contribution >= 0.6 is 11.6 Å². The van der Waals surface area contributed by atoms with Crippen LogP contribution in [-0.2, 0) is 24.4 Å². The summed E-state index contributed by atoms with van der Waals surface area (Å²) in [5, 5.41) is 6.19. The Morgan fingerprint density at radius 3 is 2.46 bits per heavy atom. The van der Waals surface area contributed by atoms with Gasteiger partial charge in [0.05, 0.1) is 12.2 Å². The third-order valence-electron chi connectivity index (χ3n) is 7.04. The van der Waals surface area contributed by atoms with Crippen LogP contribution in [0.1, 0.15) is 36.0 Å². The van der Waals surface area contributed by atoms with E-state index in [1.165, 1.54) is 4.57 Å². The molecule has 1 amide bonds. The lowest BCUT2D eigenvalue weighted by molar-refractivity contribution is -0.121. The maximum Gasteiger partial charge on any atom is 0.294 e. The van der Waals surface area contributed by atoms with Crippen LogP contribution in [-0.4, -0.2) is 27.3 Å². The minimum absolute atomic E-state index is 0.118. The summed E-state index contributed by atoms with van der Waals surface area (Å²) in [7, 11) is 0. The van der Waals surface area contributed by atoms with E-state index >= 15 is 0 Å². The Morgan fingerprint density at radius 1 is 1.02 bits per heavy atom. The topological polar surface area (TPSA) is 140 Å². The zero-order valence-electron chi connectivity index (χ0n) is 22.5. The summed E-state index contributed by atoms with van der Waals surface area (Å²) < 4.78 is 1.35. The van der Waals surface area contributed by atoms with Crippen LogP contribution in [0.5, 0.6) is 0 Å². The lowest BCUT2D eigenvalue weighted by Gasteiger charge is -2.27. The maximum atomic E-state index is 13.5. The number of nitrogens with one attached hydrogen (secondary N) is 2. The quantitative estimate of drug-likeness (QED) is 0.127. The van der Waals surface area contributed by atoms with Gasteiger partial charge in [-0.1, -0.05) is 78.3 Å². The molecule has 0 spiro atoms. The van der Waals surface area contributed by atoms with Gasteiger partial charge >= 0.3 is 0 Å². The van der Waals surface area contributed by atoms with E-state index in [0.29, 0.717) is 29.3 Å². The average molecular weight is 570 g/mol. The minimum Gasteiger partial charge on any atom is -0.399 e. The van der Waals surface area contributed by atoms with Crippen molar-refractivity contribution in [2.45, 2.75) is 44.9 Å². The molecule has 10 heteroatoms. The zero-order chi connectivity index (χ0) is 28.8. The predicted molar refractivity (Wildman–Crippen MR) is 164 cm³/mol. The predicted octanol–water partition coefficient (Wildman–Crippen LogP) is 4.33. The summed E-state index contributed by atoms with van der Waals surface area (Å²) in [6.07, 6.45) is 3.01. The zero-order valence-corrected chi connectivity index (χ0v) is 23.3. The van der Waals surface area contributed by atoms with E-state index in [4.69, 9.17) is 23.1 Å². The van der Waals surface area contributed by atoms with Gasteiger partial charge in [0, 0.05) is 29.4 Å². The highest BCUT2D eigenvalue weighted by atomic mass is 35.5. The molecule has 0 unspecified atom stereocenters. The largest absolute Gasteiger partial charge is 0.399 e. The average Bonchev–Trinajstić information content (AvgIpc) is 2.95. The van der Waals surface area contributed by atoms with Gasteiger partial charge in [-0.2, -0.15) is 0 Å². The second-order valence-electron chi connectivity index (χ2n) is 10.0. The van der Waals surface area contributed by atoms with Crippen LogP contribution < -0.4 is 27.7 Å². The Hall–Kier alpha value is -4.63. The molecule has 5 rings (SSSR count). The molecule has 41 heavy (non-hydrogen) atoms. The van der Waals surface area contributed by atoms with E-state index in [1.54, 1.807) is 24.3 Å². The highest BCUT2D eigenvalue weighted by molar-refractivity contribution is 6.32. The molecule has 1 aliphatic carbocycles. The molecule has 9 nitrogen and oxygen atoms in total. The Labute approximate surface area is 243 Å². The molecule has 0 bridgehead atoms. The van der Waals surface area contributed by atoms with Gasteiger partial charge in [0.2, 0.25) is 5.91 Å². The number of anilines is 2.